The molecular formula is C27H28N4O4. The second-order valence-corrected chi connectivity index (χ2v) is 7.68. The van der Waals surface area contributed by atoms with Gasteiger partial charge in [-0.3, -0.25) is 9.59 Å². The number of anilines is 1. The molecule has 0 unspecified atom stereocenters. The standard InChI is InChI=1S/C27H28N4O4/c1-31(2)22-13-10-19(11-14-22)16-23(29-26(32)21-8-6-5-7-9-21)27(33)30-28-18-20-12-15-24(34-3)25(17-20)35-4/h5-18H,1-4H3,(H,29,32)(H,30,33)/b23-16-,28-18-. The normalized spacial score (nSPS) is 11.1. The molecule has 2 amide bonds. The summed E-state index contributed by atoms with van der Waals surface area (Å²) >= 11 is 0. The van der Waals surface area contributed by atoms with Gasteiger partial charge in [0.25, 0.3) is 11.8 Å². The molecule has 0 aliphatic rings. The second-order valence-electron chi connectivity index (χ2n) is 7.68. The van der Waals surface area contributed by atoms with Gasteiger partial charge in [0.05, 0.1) is 20.4 Å². The van der Waals surface area contributed by atoms with Gasteiger partial charge in [0.1, 0.15) is 5.70 Å². The van der Waals surface area contributed by atoms with Crippen LogP contribution in [0.3, 0.4) is 0 Å². The highest BCUT2D eigenvalue weighted by Gasteiger charge is 2.14. The first-order valence-corrected chi connectivity index (χ1v) is 10.8. The molecule has 0 atom stereocenters. The van der Waals surface area contributed by atoms with Gasteiger partial charge in [-0.15, -0.1) is 0 Å². The van der Waals surface area contributed by atoms with Crippen molar-refractivity contribution in [2.75, 3.05) is 33.2 Å². The molecule has 3 aromatic rings. The predicted molar refractivity (Wildman–Crippen MR) is 138 cm³/mol. The van der Waals surface area contributed by atoms with Crippen molar-refractivity contribution in [2.24, 2.45) is 5.10 Å². The lowest BCUT2D eigenvalue weighted by atomic mass is 10.1. The van der Waals surface area contributed by atoms with Gasteiger partial charge in [-0.25, -0.2) is 5.43 Å². The number of amides is 2. The first-order valence-electron chi connectivity index (χ1n) is 10.8. The van der Waals surface area contributed by atoms with Crippen LogP contribution >= 0.6 is 0 Å². The number of hydrogen-bond acceptors (Lipinski definition) is 6. The molecule has 180 valence electrons. The average molecular weight is 473 g/mol. The van der Waals surface area contributed by atoms with Gasteiger partial charge in [-0.2, -0.15) is 5.10 Å². The molecule has 0 aromatic heterocycles. The van der Waals surface area contributed by atoms with E-state index in [0.717, 1.165) is 11.3 Å². The lowest BCUT2D eigenvalue weighted by Gasteiger charge is -2.12. The van der Waals surface area contributed by atoms with Crippen molar-refractivity contribution in [3.63, 3.8) is 0 Å². The van der Waals surface area contributed by atoms with Crippen LogP contribution in [0.4, 0.5) is 5.69 Å². The summed E-state index contributed by atoms with van der Waals surface area (Å²) in [4.78, 5) is 27.6. The summed E-state index contributed by atoms with van der Waals surface area (Å²) in [6, 6.07) is 21.5. The summed E-state index contributed by atoms with van der Waals surface area (Å²) in [6.45, 7) is 0. The van der Waals surface area contributed by atoms with E-state index in [1.807, 2.05) is 49.3 Å². The number of hydrogen-bond donors (Lipinski definition) is 2. The van der Waals surface area contributed by atoms with E-state index < -0.39 is 11.8 Å². The Morgan fingerprint density at radius 3 is 2.14 bits per heavy atom. The van der Waals surface area contributed by atoms with Crippen LogP contribution < -0.4 is 25.1 Å². The molecular weight excluding hydrogens is 444 g/mol. The van der Waals surface area contributed by atoms with E-state index >= 15 is 0 Å². The number of carbonyl (C=O) groups is 2. The smallest absolute Gasteiger partial charge is 0.287 e. The third-order valence-electron chi connectivity index (χ3n) is 5.04. The number of nitrogens with zero attached hydrogens (tertiary/aromatic N) is 2. The van der Waals surface area contributed by atoms with Crippen molar-refractivity contribution in [1.82, 2.24) is 10.7 Å². The van der Waals surface area contributed by atoms with Crippen LogP contribution in [-0.4, -0.2) is 46.3 Å². The lowest BCUT2D eigenvalue weighted by Crippen LogP contribution is -2.32. The number of benzene rings is 3. The Morgan fingerprint density at radius 1 is 0.857 bits per heavy atom. The maximum absolute atomic E-state index is 12.9. The highest BCUT2D eigenvalue weighted by Crippen LogP contribution is 2.26. The quantitative estimate of drug-likeness (QED) is 0.282. The molecule has 35 heavy (non-hydrogen) atoms. The topological polar surface area (TPSA) is 92.3 Å². The Kier molecular flexibility index (Phi) is 8.61. The summed E-state index contributed by atoms with van der Waals surface area (Å²) < 4.78 is 10.5. The summed E-state index contributed by atoms with van der Waals surface area (Å²) in [6.07, 6.45) is 3.07. The van der Waals surface area contributed by atoms with Gasteiger partial charge in [-0.1, -0.05) is 30.3 Å². The molecule has 0 saturated carbocycles. The van der Waals surface area contributed by atoms with E-state index in [-0.39, 0.29) is 5.70 Å². The molecule has 0 aliphatic heterocycles. The monoisotopic (exact) mass is 472 g/mol. The second kappa shape index (κ2) is 12.0. The Balaban J connectivity index is 1.81. The first-order chi connectivity index (χ1) is 16.9. The van der Waals surface area contributed by atoms with Crippen LogP contribution in [0.1, 0.15) is 21.5 Å². The minimum atomic E-state index is -0.567. The number of rotatable bonds is 9. The summed E-state index contributed by atoms with van der Waals surface area (Å²) in [5.74, 6) is 0.158. The fourth-order valence-corrected chi connectivity index (χ4v) is 3.14. The molecule has 3 aromatic carbocycles. The molecule has 0 spiro atoms. The fraction of sp³-hybridized carbons (Fsp3) is 0.148. The van der Waals surface area contributed by atoms with Crippen LogP contribution in [0, 0.1) is 0 Å². The Labute approximate surface area is 204 Å². The van der Waals surface area contributed by atoms with E-state index in [1.165, 1.54) is 13.3 Å². The van der Waals surface area contributed by atoms with Crippen LogP contribution in [-0.2, 0) is 4.79 Å². The van der Waals surface area contributed by atoms with Gasteiger partial charge >= 0.3 is 0 Å². The maximum Gasteiger partial charge on any atom is 0.287 e. The number of methoxy groups -OCH3 is 2. The molecule has 0 bridgehead atoms. The average Bonchev–Trinajstić information content (AvgIpc) is 2.88. The first kappa shape index (κ1) is 25.0. The number of carbonyl (C=O) groups excluding carboxylic acids is 2. The largest absolute Gasteiger partial charge is 0.493 e. The van der Waals surface area contributed by atoms with Crippen molar-refractivity contribution in [3.8, 4) is 11.5 Å². The molecule has 0 radical (unpaired) electrons. The summed E-state index contributed by atoms with van der Waals surface area (Å²) in [5, 5.41) is 6.72. The number of hydrazone groups is 1. The van der Waals surface area contributed by atoms with Crippen LogP contribution in [0.15, 0.2) is 83.6 Å². The highest BCUT2D eigenvalue weighted by molar-refractivity contribution is 6.05. The summed E-state index contributed by atoms with van der Waals surface area (Å²) in [5.41, 5.74) is 5.42. The van der Waals surface area contributed by atoms with Gasteiger partial charge in [-0.05, 0) is 59.7 Å². The molecule has 2 N–H and O–H groups in total. The minimum absolute atomic E-state index is 0.0564. The van der Waals surface area contributed by atoms with Gasteiger partial charge in [0, 0.05) is 25.3 Å². The summed E-state index contributed by atoms with van der Waals surface area (Å²) in [7, 11) is 6.98. The molecule has 0 fully saturated rings. The Morgan fingerprint density at radius 2 is 1.51 bits per heavy atom. The van der Waals surface area contributed by atoms with Crippen molar-refractivity contribution >= 4 is 29.8 Å². The van der Waals surface area contributed by atoms with Crippen LogP contribution in [0.25, 0.3) is 6.08 Å². The van der Waals surface area contributed by atoms with Gasteiger partial charge in [0.2, 0.25) is 0 Å². The zero-order valence-corrected chi connectivity index (χ0v) is 20.1. The Hall–Kier alpha value is -4.59. The van der Waals surface area contributed by atoms with Crippen molar-refractivity contribution < 1.29 is 19.1 Å². The molecule has 8 heteroatoms. The maximum atomic E-state index is 12.9. The SMILES string of the molecule is COc1ccc(/C=N\NC(=O)/C(=C/c2ccc(N(C)C)cc2)NC(=O)c2ccccc2)cc1OC. The van der Waals surface area contributed by atoms with E-state index in [0.29, 0.717) is 22.6 Å². The molecule has 0 heterocycles. The minimum Gasteiger partial charge on any atom is -0.493 e. The van der Waals surface area contributed by atoms with Crippen LogP contribution in [0.5, 0.6) is 11.5 Å². The van der Waals surface area contributed by atoms with E-state index in [9.17, 15) is 9.59 Å². The number of nitrogens with one attached hydrogen (secondary N) is 2. The fourth-order valence-electron chi connectivity index (χ4n) is 3.14. The number of ether oxygens (including phenoxy) is 2. The van der Waals surface area contributed by atoms with Crippen molar-refractivity contribution in [1.29, 1.82) is 0 Å². The van der Waals surface area contributed by atoms with Crippen LogP contribution in [0.2, 0.25) is 0 Å². The van der Waals surface area contributed by atoms with Gasteiger partial charge < -0.3 is 19.7 Å². The molecule has 3 rings (SSSR count). The van der Waals surface area contributed by atoms with Crippen molar-refractivity contribution in [3.05, 3.63) is 95.2 Å². The highest BCUT2D eigenvalue weighted by atomic mass is 16.5. The zero-order chi connectivity index (χ0) is 25.2. The molecule has 0 saturated heterocycles. The van der Waals surface area contributed by atoms with E-state index in [1.54, 1.807) is 55.7 Å². The zero-order valence-electron chi connectivity index (χ0n) is 20.1. The molecule has 8 nitrogen and oxygen atoms in total. The third kappa shape index (κ3) is 6.94. The van der Waals surface area contributed by atoms with Gasteiger partial charge in [0.15, 0.2) is 11.5 Å². The lowest BCUT2D eigenvalue weighted by molar-refractivity contribution is -0.117. The Bertz CT molecular complexity index is 1220. The molecule has 0 aliphatic carbocycles. The van der Waals surface area contributed by atoms with Crippen molar-refractivity contribution in [2.45, 2.75) is 0 Å². The van der Waals surface area contributed by atoms with E-state index in [4.69, 9.17) is 9.47 Å². The third-order valence-corrected chi connectivity index (χ3v) is 5.04. The predicted octanol–water partition coefficient (Wildman–Crippen LogP) is 3.69. The van der Waals surface area contributed by atoms with E-state index in [2.05, 4.69) is 15.8 Å².